The lowest BCUT2D eigenvalue weighted by molar-refractivity contribution is 0.0820. The zero-order chi connectivity index (χ0) is 27.7. The van der Waals surface area contributed by atoms with Gasteiger partial charge in [-0.05, 0) is 48.4 Å². The summed E-state index contributed by atoms with van der Waals surface area (Å²) in [7, 11) is 0.143. The highest BCUT2D eigenvalue weighted by Crippen LogP contribution is 2.33. The molecule has 0 bridgehead atoms. The molecule has 0 aromatic heterocycles. The number of rotatable bonds is 5. The van der Waals surface area contributed by atoms with Gasteiger partial charge in [0.2, 0.25) is 0 Å². The van der Waals surface area contributed by atoms with Crippen molar-refractivity contribution < 1.29 is 23.7 Å². The molecule has 0 heterocycles. The molecule has 2 N–H and O–H groups in total. The number of phenolic OH excluding ortho intramolecular Hbond substituents is 1. The van der Waals surface area contributed by atoms with Gasteiger partial charge in [0.1, 0.15) is 5.75 Å². The van der Waals surface area contributed by atoms with Crippen LogP contribution in [0.15, 0.2) is 52.9 Å². The van der Waals surface area contributed by atoms with E-state index in [9.17, 15) is 23.7 Å². The maximum atomic E-state index is 13.4. The van der Waals surface area contributed by atoms with Gasteiger partial charge in [0.15, 0.2) is 0 Å². The second-order valence-corrected chi connectivity index (χ2v) is 12.2. The molecule has 3 aromatic rings. The molecule has 0 unspecified atom stereocenters. The number of carbonyl (C=O) groups excluding carboxylic acids is 3. The number of benzene rings is 3. The van der Waals surface area contributed by atoms with E-state index < -0.39 is 33.2 Å². The van der Waals surface area contributed by atoms with E-state index in [4.69, 9.17) is 23.2 Å². The van der Waals surface area contributed by atoms with E-state index in [1.165, 1.54) is 31.5 Å². The Kier molecular flexibility index (Phi) is 8.32. The summed E-state index contributed by atoms with van der Waals surface area (Å²) in [5.41, 5.74) is 1.94. The van der Waals surface area contributed by atoms with Crippen LogP contribution in [0.25, 0.3) is 11.1 Å². The first-order chi connectivity index (χ1) is 17.2. The minimum atomic E-state index is -2.83. The summed E-state index contributed by atoms with van der Waals surface area (Å²) in [6.07, 6.45) is 2.53. The number of nitrogens with zero attached hydrogens (tertiary/aromatic N) is 2. The number of hydrogen-bond donors (Lipinski definition) is 2. The van der Waals surface area contributed by atoms with E-state index in [0.717, 1.165) is 17.7 Å². The van der Waals surface area contributed by atoms with E-state index in [1.807, 2.05) is 6.07 Å². The predicted octanol–water partition coefficient (Wildman–Crippen LogP) is 5.50. The van der Waals surface area contributed by atoms with Crippen molar-refractivity contribution in [2.45, 2.75) is 6.92 Å². The Labute approximate surface area is 225 Å². The van der Waals surface area contributed by atoms with Crippen LogP contribution in [0.2, 0.25) is 10.0 Å². The van der Waals surface area contributed by atoms with Crippen LogP contribution in [0.3, 0.4) is 0 Å². The van der Waals surface area contributed by atoms with Crippen LogP contribution in [0.1, 0.15) is 36.6 Å². The van der Waals surface area contributed by atoms with Gasteiger partial charge in [0, 0.05) is 57.6 Å². The summed E-state index contributed by atoms with van der Waals surface area (Å²) in [6, 6.07) is 12.5. The summed E-state index contributed by atoms with van der Waals surface area (Å²) in [4.78, 5) is 40.1. The second-order valence-electron chi connectivity index (χ2n) is 8.80. The van der Waals surface area contributed by atoms with Crippen molar-refractivity contribution in [2.75, 3.05) is 31.9 Å². The monoisotopic (exact) mass is 561 g/mol. The molecule has 3 rings (SSSR count). The smallest absolute Gasteiger partial charge is 0.288 e. The molecule has 0 spiro atoms. The summed E-state index contributed by atoms with van der Waals surface area (Å²) in [6.45, 7) is 1.79. The number of halogens is 2. The fourth-order valence-corrected chi connectivity index (χ4v) is 4.47. The third-order valence-electron chi connectivity index (χ3n) is 5.28. The molecule has 0 aliphatic heterocycles. The normalized spacial score (nSPS) is 11.1. The average Bonchev–Trinajstić information content (AvgIpc) is 2.78. The van der Waals surface area contributed by atoms with E-state index in [1.54, 1.807) is 37.3 Å². The number of nitrogens with one attached hydrogen (secondary N) is 1. The van der Waals surface area contributed by atoms with Gasteiger partial charge in [-0.3, -0.25) is 14.4 Å². The number of anilines is 1. The van der Waals surface area contributed by atoms with Gasteiger partial charge < -0.3 is 15.3 Å². The third kappa shape index (κ3) is 6.68. The van der Waals surface area contributed by atoms with Crippen molar-refractivity contribution in [3.05, 3.63) is 80.8 Å². The molecule has 0 saturated heterocycles. The Morgan fingerprint density at radius 2 is 1.62 bits per heavy atom. The van der Waals surface area contributed by atoms with Crippen molar-refractivity contribution in [3.63, 3.8) is 0 Å². The van der Waals surface area contributed by atoms with E-state index >= 15 is 0 Å². The van der Waals surface area contributed by atoms with Crippen molar-refractivity contribution in [1.29, 1.82) is 0 Å². The minimum Gasteiger partial charge on any atom is -0.507 e. The topological polar surface area (TPSA) is 116 Å². The molecule has 0 saturated carbocycles. The molecule has 3 aromatic carbocycles. The van der Waals surface area contributed by atoms with Gasteiger partial charge >= 0.3 is 0 Å². The van der Waals surface area contributed by atoms with Gasteiger partial charge in [0.25, 0.3) is 17.7 Å². The first-order valence-corrected chi connectivity index (χ1v) is 13.9. The van der Waals surface area contributed by atoms with Gasteiger partial charge in [-0.25, -0.2) is 4.21 Å². The number of hydrogen-bond acceptors (Lipinski definition) is 5. The number of carbonyl (C=O) groups is 3. The van der Waals surface area contributed by atoms with Crippen molar-refractivity contribution in [1.82, 2.24) is 4.90 Å². The van der Waals surface area contributed by atoms with E-state index in [-0.39, 0.29) is 16.7 Å². The standard InChI is InChI=1S/C26H25Cl2N3O5S/c1-14-6-7-15(17-9-8-16(27)11-21(17)28)10-22(14)29-24(33)18-12-20(25(34)30-37(4,5)36)23(32)13-19(18)26(35)31(2)3/h6-13,32H,1-5H3,(H,29,33). The predicted molar refractivity (Wildman–Crippen MR) is 147 cm³/mol. The molecular formula is C26H25Cl2N3O5S. The SMILES string of the molecule is Cc1ccc(-c2ccc(Cl)cc2Cl)cc1NC(=O)c1cc(C(=O)N=S(C)(C)=O)c(O)cc1C(=O)N(C)C. The number of phenols is 1. The van der Waals surface area contributed by atoms with Crippen LogP contribution in [0, 0.1) is 6.92 Å². The van der Waals surface area contributed by atoms with Crippen LogP contribution < -0.4 is 5.32 Å². The largest absolute Gasteiger partial charge is 0.507 e. The highest BCUT2D eigenvalue weighted by Gasteiger charge is 2.25. The fraction of sp³-hybridized carbons (Fsp3) is 0.192. The highest BCUT2D eigenvalue weighted by molar-refractivity contribution is 7.92. The van der Waals surface area contributed by atoms with Crippen LogP contribution >= 0.6 is 23.2 Å². The zero-order valence-electron chi connectivity index (χ0n) is 20.8. The summed E-state index contributed by atoms with van der Waals surface area (Å²) < 4.78 is 15.6. The number of amides is 3. The number of aryl methyl sites for hydroxylation is 1. The Bertz CT molecular complexity index is 1550. The lowest BCUT2D eigenvalue weighted by atomic mass is 9.99. The molecule has 0 aliphatic rings. The lowest BCUT2D eigenvalue weighted by Gasteiger charge is -2.17. The van der Waals surface area contributed by atoms with E-state index in [0.29, 0.717) is 26.9 Å². The summed E-state index contributed by atoms with van der Waals surface area (Å²) in [5.74, 6) is -2.80. The quantitative estimate of drug-likeness (QED) is 0.426. The summed E-state index contributed by atoms with van der Waals surface area (Å²) in [5, 5.41) is 14.1. The lowest BCUT2D eigenvalue weighted by Crippen LogP contribution is -2.26. The molecular weight excluding hydrogens is 537 g/mol. The Balaban J connectivity index is 2.11. The highest BCUT2D eigenvalue weighted by atomic mass is 35.5. The molecule has 194 valence electrons. The van der Waals surface area contributed by atoms with Gasteiger partial charge in [-0.1, -0.05) is 41.4 Å². The fourth-order valence-electron chi connectivity index (χ4n) is 3.45. The maximum Gasteiger partial charge on any atom is 0.288 e. The van der Waals surface area contributed by atoms with Crippen LogP contribution in [0.5, 0.6) is 5.75 Å². The molecule has 37 heavy (non-hydrogen) atoms. The first kappa shape index (κ1) is 28.2. The average molecular weight is 562 g/mol. The van der Waals surface area contributed by atoms with Crippen LogP contribution in [-0.4, -0.2) is 58.5 Å². The van der Waals surface area contributed by atoms with Gasteiger partial charge in [0.05, 0.1) is 16.7 Å². The Hall–Kier alpha value is -3.40. The maximum absolute atomic E-state index is 13.4. The van der Waals surface area contributed by atoms with Crippen molar-refractivity contribution in [2.24, 2.45) is 4.36 Å². The van der Waals surface area contributed by atoms with Crippen molar-refractivity contribution >= 4 is 56.3 Å². The minimum absolute atomic E-state index is 0.125. The third-order valence-corrected chi connectivity index (χ3v) is 6.43. The zero-order valence-corrected chi connectivity index (χ0v) is 23.1. The Morgan fingerprint density at radius 3 is 2.22 bits per heavy atom. The van der Waals surface area contributed by atoms with Crippen LogP contribution in [-0.2, 0) is 9.73 Å². The molecule has 0 fully saturated rings. The molecule has 11 heteroatoms. The molecule has 8 nitrogen and oxygen atoms in total. The van der Waals surface area contributed by atoms with Crippen LogP contribution in [0.4, 0.5) is 5.69 Å². The Morgan fingerprint density at radius 1 is 0.946 bits per heavy atom. The molecule has 0 radical (unpaired) electrons. The second kappa shape index (κ2) is 10.9. The van der Waals surface area contributed by atoms with E-state index in [2.05, 4.69) is 9.68 Å². The van der Waals surface area contributed by atoms with Gasteiger partial charge in [-0.15, -0.1) is 0 Å². The summed E-state index contributed by atoms with van der Waals surface area (Å²) >= 11 is 12.4. The van der Waals surface area contributed by atoms with Crippen molar-refractivity contribution in [3.8, 4) is 16.9 Å². The first-order valence-electron chi connectivity index (χ1n) is 10.9. The van der Waals surface area contributed by atoms with Gasteiger partial charge in [-0.2, -0.15) is 4.36 Å². The molecule has 0 aliphatic carbocycles. The molecule has 0 atom stereocenters. The molecule has 3 amide bonds. The number of aromatic hydroxyl groups is 1.